The monoisotopic (exact) mass is 365 g/mol. The van der Waals surface area contributed by atoms with Crippen molar-refractivity contribution in [1.82, 2.24) is 14.7 Å². The van der Waals surface area contributed by atoms with E-state index in [2.05, 4.69) is 67.1 Å². The van der Waals surface area contributed by atoms with Crippen molar-refractivity contribution in [3.8, 4) is 0 Å². The minimum Gasteiger partial charge on any atom is -0.335 e. The van der Waals surface area contributed by atoms with Crippen molar-refractivity contribution < 1.29 is 4.79 Å². The number of hydrogen-bond acceptors (Lipinski definition) is 3. The molecule has 144 valence electrons. The van der Waals surface area contributed by atoms with Gasteiger partial charge < -0.3 is 9.80 Å². The van der Waals surface area contributed by atoms with Crippen LogP contribution in [0.4, 0.5) is 0 Å². The van der Waals surface area contributed by atoms with Gasteiger partial charge in [0.2, 0.25) is 5.91 Å². The summed E-state index contributed by atoms with van der Waals surface area (Å²) >= 11 is 0. The van der Waals surface area contributed by atoms with Gasteiger partial charge in [0.15, 0.2) is 0 Å². The van der Waals surface area contributed by atoms with Crippen molar-refractivity contribution in [2.24, 2.45) is 0 Å². The largest absolute Gasteiger partial charge is 0.335 e. The van der Waals surface area contributed by atoms with E-state index in [1.807, 2.05) is 29.2 Å². The zero-order chi connectivity index (χ0) is 19.2. The van der Waals surface area contributed by atoms with Gasteiger partial charge in [-0.2, -0.15) is 0 Å². The molecule has 0 saturated carbocycles. The number of benzene rings is 2. The molecule has 3 rings (SSSR count). The third-order valence-electron chi connectivity index (χ3n) is 5.36. The minimum absolute atomic E-state index is 0.181. The molecule has 1 atom stereocenters. The summed E-state index contributed by atoms with van der Waals surface area (Å²) in [6.07, 6.45) is 0. The highest BCUT2D eigenvalue weighted by molar-refractivity contribution is 5.78. The fraction of sp³-hybridized carbons (Fsp3) is 0.435. The highest BCUT2D eigenvalue weighted by atomic mass is 16.2. The summed E-state index contributed by atoms with van der Waals surface area (Å²) in [5.74, 6) is 0.208. The normalized spacial score (nSPS) is 18.6. The molecule has 27 heavy (non-hydrogen) atoms. The molecule has 0 bridgehead atoms. The van der Waals surface area contributed by atoms with Crippen LogP contribution in [0.2, 0.25) is 0 Å². The van der Waals surface area contributed by atoms with E-state index in [9.17, 15) is 4.79 Å². The van der Waals surface area contributed by atoms with Gasteiger partial charge in [-0.05, 0) is 32.0 Å². The fourth-order valence-electron chi connectivity index (χ4n) is 3.74. The first-order valence-electron chi connectivity index (χ1n) is 9.85. The van der Waals surface area contributed by atoms with Crippen LogP contribution in [0.15, 0.2) is 60.7 Å². The molecule has 2 aromatic rings. The van der Waals surface area contributed by atoms with Gasteiger partial charge in [-0.1, -0.05) is 60.7 Å². The number of likely N-dealkylation sites (N-methyl/N-ethyl adjacent to an activating group) is 1. The van der Waals surface area contributed by atoms with E-state index in [4.69, 9.17) is 0 Å². The highest BCUT2D eigenvalue weighted by Crippen LogP contribution is 2.25. The highest BCUT2D eigenvalue weighted by Gasteiger charge is 2.29. The van der Waals surface area contributed by atoms with Crippen LogP contribution in [0.5, 0.6) is 0 Å². The molecule has 4 heteroatoms. The Labute approximate surface area is 163 Å². The summed E-state index contributed by atoms with van der Waals surface area (Å²) in [6.45, 7) is 8.20. The summed E-state index contributed by atoms with van der Waals surface area (Å²) in [5.41, 5.74) is 2.47. The van der Waals surface area contributed by atoms with Crippen molar-refractivity contribution >= 4 is 5.91 Å². The van der Waals surface area contributed by atoms with Crippen molar-refractivity contribution in [2.75, 3.05) is 33.2 Å². The zero-order valence-corrected chi connectivity index (χ0v) is 16.7. The first-order chi connectivity index (χ1) is 13.0. The number of piperazine rings is 1. The van der Waals surface area contributed by atoms with Crippen LogP contribution < -0.4 is 0 Å². The molecule has 0 spiro atoms. The molecule has 1 unspecified atom stereocenters. The number of nitrogens with zero attached hydrogens (tertiary/aromatic N) is 3. The fourth-order valence-corrected chi connectivity index (χ4v) is 3.74. The SMILES string of the molecule is CC(C)N(Cc1ccccc1)C(=O)CN1CCN(C)CC1c1ccccc1. The molecule has 4 nitrogen and oxygen atoms in total. The van der Waals surface area contributed by atoms with Crippen molar-refractivity contribution in [2.45, 2.75) is 32.5 Å². The minimum atomic E-state index is 0.181. The zero-order valence-electron chi connectivity index (χ0n) is 16.7. The summed E-state index contributed by atoms with van der Waals surface area (Å²) in [6, 6.07) is 21.3. The van der Waals surface area contributed by atoms with E-state index < -0.39 is 0 Å². The van der Waals surface area contributed by atoms with Crippen molar-refractivity contribution in [1.29, 1.82) is 0 Å². The van der Waals surface area contributed by atoms with E-state index in [0.717, 1.165) is 19.6 Å². The van der Waals surface area contributed by atoms with Crippen LogP contribution in [0.25, 0.3) is 0 Å². The van der Waals surface area contributed by atoms with Crippen LogP contribution in [0, 0.1) is 0 Å². The Bertz CT molecular complexity index is 717. The predicted molar refractivity (Wildman–Crippen MR) is 110 cm³/mol. The molecule has 1 amide bonds. The number of carbonyl (C=O) groups is 1. The summed E-state index contributed by atoms with van der Waals surface area (Å²) in [4.78, 5) is 19.9. The van der Waals surface area contributed by atoms with Crippen LogP contribution in [-0.2, 0) is 11.3 Å². The molecule has 0 radical (unpaired) electrons. The number of amides is 1. The molecule has 0 aromatic heterocycles. The average Bonchev–Trinajstić information content (AvgIpc) is 2.68. The van der Waals surface area contributed by atoms with Crippen molar-refractivity contribution in [3.63, 3.8) is 0 Å². The lowest BCUT2D eigenvalue weighted by atomic mass is 10.0. The Morgan fingerprint density at radius 2 is 1.67 bits per heavy atom. The molecule has 1 saturated heterocycles. The molecule has 1 aliphatic rings. The second kappa shape index (κ2) is 9.16. The van der Waals surface area contributed by atoms with Crippen LogP contribution >= 0.6 is 0 Å². The van der Waals surface area contributed by atoms with Gasteiger partial charge >= 0.3 is 0 Å². The van der Waals surface area contributed by atoms with E-state index in [0.29, 0.717) is 13.1 Å². The van der Waals surface area contributed by atoms with Gasteiger partial charge in [0.25, 0.3) is 0 Å². The lowest BCUT2D eigenvalue weighted by molar-refractivity contribution is -0.136. The third-order valence-corrected chi connectivity index (χ3v) is 5.36. The maximum atomic E-state index is 13.2. The van der Waals surface area contributed by atoms with Crippen LogP contribution in [0.3, 0.4) is 0 Å². The Kier molecular flexibility index (Phi) is 6.64. The molecular weight excluding hydrogens is 334 g/mol. The predicted octanol–water partition coefficient (Wildman–Crippen LogP) is 3.41. The number of rotatable bonds is 6. The molecule has 0 N–H and O–H groups in total. The Hall–Kier alpha value is -2.17. The molecule has 0 aliphatic carbocycles. The second-order valence-electron chi connectivity index (χ2n) is 7.76. The lowest BCUT2D eigenvalue weighted by Gasteiger charge is -2.41. The Balaban J connectivity index is 1.73. The van der Waals surface area contributed by atoms with Gasteiger partial charge in [-0.15, -0.1) is 0 Å². The van der Waals surface area contributed by atoms with Gasteiger partial charge in [-0.3, -0.25) is 9.69 Å². The lowest BCUT2D eigenvalue weighted by Crippen LogP contribution is -2.51. The van der Waals surface area contributed by atoms with E-state index in [1.165, 1.54) is 11.1 Å². The van der Waals surface area contributed by atoms with Gasteiger partial charge in [0.1, 0.15) is 0 Å². The molecule has 1 aliphatic heterocycles. The standard InChI is InChI=1S/C23H31N3O/c1-19(2)26(16-20-10-6-4-7-11-20)23(27)18-25-15-14-24(3)17-22(25)21-12-8-5-9-13-21/h4-13,19,22H,14-18H2,1-3H3. The topological polar surface area (TPSA) is 26.8 Å². The van der Waals surface area contributed by atoms with Gasteiger partial charge in [0.05, 0.1) is 6.54 Å². The summed E-state index contributed by atoms with van der Waals surface area (Å²) < 4.78 is 0. The van der Waals surface area contributed by atoms with Gasteiger partial charge in [0, 0.05) is 38.3 Å². The Morgan fingerprint density at radius 3 is 2.30 bits per heavy atom. The first-order valence-corrected chi connectivity index (χ1v) is 9.85. The number of carbonyl (C=O) groups excluding carboxylic acids is 1. The molecule has 1 heterocycles. The molecular formula is C23H31N3O. The second-order valence-corrected chi connectivity index (χ2v) is 7.76. The smallest absolute Gasteiger partial charge is 0.237 e. The van der Waals surface area contributed by atoms with Crippen LogP contribution in [0.1, 0.15) is 31.0 Å². The van der Waals surface area contributed by atoms with E-state index >= 15 is 0 Å². The summed E-state index contributed by atoms with van der Waals surface area (Å²) in [7, 11) is 2.16. The van der Waals surface area contributed by atoms with Crippen molar-refractivity contribution in [3.05, 3.63) is 71.8 Å². The maximum absolute atomic E-state index is 13.2. The first kappa shape index (κ1) is 19.6. The molecule has 1 fully saturated rings. The summed E-state index contributed by atoms with van der Waals surface area (Å²) in [5, 5.41) is 0. The van der Waals surface area contributed by atoms with E-state index in [1.54, 1.807) is 0 Å². The third kappa shape index (κ3) is 5.18. The maximum Gasteiger partial charge on any atom is 0.237 e. The quantitative estimate of drug-likeness (QED) is 0.785. The van der Waals surface area contributed by atoms with Gasteiger partial charge in [-0.25, -0.2) is 0 Å². The van der Waals surface area contributed by atoms with E-state index in [-0.39, 0.29) is 18.0 Å². The Morgan fingerprint density at radius 1 is 1.04 bits per heavy atom. The average molecular weight is 366 g/mol. The van der Waals surface area contributed by atoms with Crippen LogP contribution in [-0.4, -0.2) is 59.9 Å². The number of hydrogen-bond donors (Lipinski definition) is 0. The molecule has 2 aromatic carbocycles.